The van der Waals surface area contributed by atoms with Gasteiger partial charge in [-0.3, -0.25) is 0 Å². The Morgan fingerprint density at radius 1 is 1.44 bits per heavy atom. The summed E-state index contributed by atoms with van der Waals surface area (Å²) in [4.78, 5) is 2.51. The molecule has 0 saturated heterocycles. The van der Waals surface area contributed by atoms with Crippen molar-refractivity contribution in [3.05, 3.63) is 28.2 Å². The first-order valence-corrected chi connectivity index (χ1v) is 7.67. The lowest BCUT2D eigenvalue weighted by Crippen LogP contribution is -2.27. The van der Waals surface area contributed by atoms with Gasteiger partial charge in [-0.25, -0.2) is 0 Å². The molecular formula is C15H22BrNO. The molecule has 0 aromatic heterocycles. The van der Waals surface area contributed by atoms with Gasteiger partial charge in [-0.15, -0.1) is 0 Å². The van der Waals surface area contributed by atoms with Gasteiger partial charge in [0.25, 0.3) is 0 Å². The van der Waals surface area contributed by atoms with E-state index >= 15 is 0 Å². The van der Waals surface area contributed by atoms with Crippen LogP contribution in [0.2, 0.25) is 0 Å². The van der Waals surface area contributed by atoms with Crippen molar-refractivity contribution in [2.75, 3.05) is 11.4 Å². The molecule has 0 spiro atoms. The van der Waals surface area contributed by atoms with Crippen LogP contribution in [0.25, 0.3) is 0 Å². The first kappa shape index (κ1) is 13.9. The maximum atomic E-state index is 9.61. The molecule has 2 rings (SSSR count). The smallest absolute Gasteiger partial charge is 0.0762 e. The van der Waals surface area contributed by atoms with Crippen LogP contribution < -0.4 is 4.90 Å². The molecule has 2 nitrogen and oxygen atoms in total. The Balaban J connectivity index is 2.19. The maximum Gasteiger partial charge on any atom is 0.0762 e. The Bertz CT molecular complexity index is 401. The second kappa shape index (κ2) is 6.07. The molecule has 1 aromatic carbocycles. The van der Waals surface area contributed by atoms with Gasteiger partial charge in [0.2, 0.25) is 0 Å². The van der Waals surface area contributed by atoms with Crippen LogP contribution in [0.15, 0.2) is 22.7 Å². The highest BCUT2D eigenvalue weighted by molar-refractivity contribution is 9.10. The van der Waals surface area contributed by atoms with Crippen LogP contribution in [-0.2, 0) is 0 Å². The van der Waals surface area contributed by atoms with E-state index in [2.05, 4.69) is 33.8 Å². The van der Waals surface area contributed by atoms with Gasteiger partial charge in [-0.05, 0) is 59.8 Å². The van der Waals surface area contributed by atoms with Crippen molar-refractivity contribution in [2.45, 2.75) is 51.7 Å². The number of halogens is 1. The van der Waals surface area contributed by atoms with Crippen molar-refractivity contribution < 1.29 is 5.11 Å². The number of nitrogens with zero attached hydrogens (tertiary/aromatic N) is 1. The molecule has 0 unspecified atom stereocenters. The molecule has 1 aliphatic rings. The van der Waals surface area contributed by atoms with Crippen molar-refractivity contribution in [2.24, 2.45) is 0 Å². The Morgan fingerprint density at radius 3 is 2.67 bits per heavy atom. The third-order valence-electron chi connectivity index (χ3n) is 3.50. The van der Waals surface area contributed by atoms with Gasteiger partial charge >= 0.3 is 0 Å². The standard InChI is InChI=1S/C15H22BrNO/c1-3-4-9-17(13-6-7-13)15-8-5-12(11(2)18)10-14(15)16/h5,8,10-11,13,18H,3-4,6-7,9H2,1-2H3/t11-/m0/s1. The predicted octanol–water partition coefficient (Wildman–Crippen LogP) is 4.27. The fourth-order valence-electron chi connectivity index (χ4n) is 2.23. The second-order valence-electron chi connectivity index (χ2n) is 5.16. The average Bonchev–Trinajstić information content (AvgIpc) is 3.15. The van der Waals surface area contributed by atoms with E-state index in [-0.39, 0.29) is 0 Å². The predicted molar refractivity (Wildman–Crippen MR) is 80.1 cm³/mol. The minimum atomic E-state index is -0.402. The van der Waals surface area contributed by atoms with Crippen molar-refractivity contribution in [1.29, 1.82) is 0 Å². The Kier molecular flexibility index (Phi) is 4.68. The Labute approximate surface area is 118 Å². The van der Waals surface area contributed by atoms with E-state index in [0.29, 0.717) is 0 Å². The number of rotatable bonds is 6. The molecule has 100 valence electrons. The molecule has 0 heterocycles. The van der Waals surface area contributed by atoms with Gasteiger partial charge in [0.05, 0.1) is 11.8 Å². The molecular weight excluding hydrogens is 290 g/mol. The van der Waals surface area contributed by atoms with Crippen LogP contribution in [0.5, 0.6) is 0 Å². The third-order valence-corrected chi connectivity index (χ3v) is 4.14. The zero-order chi connectivity index (χ0) is 13.1. The second-order valence-corrected chi connectivity index (χ2v) is 6.02. The quantitative estimate of drug-likeness (QED) is 0.848. The first-order chi connectivity index (χ1) is 8.63. The molecule has 0 aliphatic heterocycles. The number of hydrogen-bond donors (Lipinski definition) is 1. The lowest BCUT2D eigenvalue weighted by Gasteiger charge is -2.26. The van der Waals surface area contributed by atoms with Crippen molar-refractivity contribution >= 4 is 21.6 Å². The number of anilines is 1. The molecule has 1 saturated carbocycles. The number of aliphatic hydroxyl groups excluding tert-OH is 1. The highest BCUT2D eigenvalue weighted by Crippen LogP contribution is 2.37. The molecule has 1 N–H and O–H groups in total. The average molecular weight is 312 g/mol. The highest BCUT2D eigenvalue weighted by Gasteiger charge is 2.29. The molecule has 18 heavy (non-hydrogen) atoms. The summed E-state index contributed by atoms with van der Waals surface area (Å²) < 4.78 is 1.10. The summed E-state index contributed by atoms with van der Waals surface area (Å²) in [7, 11) is 0. The van der Waals surface area contributed by atoms with Gasteiger partial charge in [0.15, 0.2) is 0 Å². The van der Waals surface area contributed by atoms with Gasteiger partial charge in [-0.1, -0.05) is 19.4 Å². The molecule has 0 bridgehead atoms. The molecule has 3 heteroatoms. The van der Waals surface area contributed by atoms with Gasteiger partial charge < -0.3 is 10.0 Å². The maximum absolute atomic E-state index is 9.61. The normalized spacial score (nSPS) is 16.7. The first-order valence-electron chi connectivity index (χ1n) is 6.87. The zero-order valence-electron chi connectivity index (χ0n) is 11.2. The highest BCUT2D eigenvalue weighted by atomic mass is 79.9. The molecule has 1 fully saturated rings. The van der Waals surface area contributed by atoms with Crippen LogP contribution in [0.4, 0.5) is 5.69 Å². The van der Waals surface area contributed by atoms with E-state index < -0.39 is 6.10 Å². The molecule has 1 atom stereocenters. The summed E-state index contributed by atoms with van der Waals surface area (Å²) in [6.07, 6.45) is 4.69. The number of aliphatic hydroxyl groups is 1. The van der Waals surface area contributed by atoms with E-state index in [1.807, 2.05) is 12.1 Å². The number of benzene rings is 1. The molecule has 1 aliphatic carbocycles. The molecule has 1 aromatic rings. The summed E-state index contributed by atoms with van der Waals surface area (Å²) in [6, 6.07) is 6.94. The lowest BCUT2D eigenvalue weighted by molar-refractivity contribution is 0.199. The summed E-state index contributed by atoms with van der Waals surface area (Å²) in [5.74, 6) is 0. The summed E-state index contributed by atoms with van der Waals surface area (Å²) >= 11 is 3.65. The van der Waals surface area contributed by atoms with E-state index in [0.717, 1.165) is 22.6 Å². The van der Waals surface area contributed by atoms with Crippen LogP contribution in [0, 0.1) is 0 Å². The van der Waals surface area contributed by atoms with Crippen LogP contribution in [-0.4, -0.2) is 17.7 Å². The van der Waals surface area contributed by atoms with Crippen LogP contribution in [0.3, 0.4) is 0 Å². The van der Waals surface area contributed by atoms with E-state index in [1.165, 1.54) is 31.4 Å². The van der Waals surface area contributed by atoms with Crippen LogP contribution >= 0.6 is 15.9 Å². The molecule has 0 amide bonds. The van der Waals surface area contributed by atoms with Crippen molar-refractivity contribution in [3.8, 4) is 0 Å². The van der Waals surface area contributed by atoms with Gasteiger partial charge in [0, 0.05) is 17.1 Å². The van der Waals surface area contributed by atoms with Crippen molar-refractivity contribution in [1.82, 2.24) is 0 Å². The fraction of sp³-hybridized carbons (Fsp3) is 0.600. The zero-order valence-corrected chi connectivity index (χ0v) is 12.8. The Morgan fingerprint density at radius 2 is 2.17 bits per heavy atom. The monoisotopic (exact) mass is 311 g/mol. The van der Waals surface area contributed by atoms with Crippen LogP contribution in [0.1, 0.15) is 51.2 Å². The van der Waals surface area contributed by atoms with E-state index in [9.17, 15) is 5.11 Å². The topological polar surface area (TPSA) is 23.5 Å². The Hall–Kier alpha value is -0.540. The largest absolute Gasteiger partial charge is 0.389 e. The van der Waals surface area contributed by atoms with Gasteiger partial charge in [0.1, 0.15) is 0 Å². The summed E-state index contributed by atoms with van der Waals surface area (Å²) in [5, 5.41) is 9.61. The van der Waals surface area contributed by atoms with E-state index in [4.69, 9.17) is 0 Å². The molecule has 0 radical (unpaired) electrons. The number of hydrogen-bond acceptors (Lipinski definition) is 2. The number of unbranched alkanes of at least 4 members (excludes halogenated alkanes) is 1. The third kappa shape index (κ3) is 3.27. The summed E-state index contributed by atoms with van der Waals surface area (Å²) in [5.41, 5.74) is 2.24. The van der Waals surface area contributed by atoms with Crippen molar-refractivity contribution in [3.63, 3.8) is 0 Å². The fourth-order valence-corrected chi connectivity index (χ4v) is 2.85. The lowest BCUT2D eigenvalue weighted by atomic mass is 10.1. The SMILES string of the molecule is CCCCN(c1ccc([C@H](C)O)cc1Br)C1CC1. The van der Waals surface area contributed by atoms with E-state index in [1.54, 1.807) is 6.92 Å². The minimum absolute atomic E-state index is 0.402. The summed E-state index contributed by atoms with van der Waals surface area (Å²) in [6.45, 7) is 5.17. The van der Waals surface area contributed by atoms with Gasteiger partial charge in [-0.2, -0.15) is 0 Å². The minimum Gasteiger partial charge on any atom is -0.389 e.